The predicted octanol–water partition coefficient (Wildman–Crippen LogP) is 6.07. The van der Waals surface area contributed by atoms with Gasteiger partial charge in [-0.05, 0) is 48.4 Å². The van der Waals surface area contributed by atoms with Gasteiger partial charge in [-0.2, -0.15) is 0 Å². The highest BCUT2D eigenvalue weighted by Crippen LogP contribution is 2.17. The molecule has 3 rings (SSSR count). The monoisotopic (exact) mass is 384 g/mol. The van der Waals surface area contributed by atoms with E-state index in [1.807, 2.05) is 73.7 Å². The van der Waals surface area contributed by atoms with E-state index in [0.29, 0.717) is 18.8 Å². The van der Waals surface area contributed by atoms with Crippen LogP contribution < -0.4 is 9.47 Å². The van der Waals surface area contributed by atoms with Crippen molar-refractivity contribution in [3.05, 3.63) is 108 Å². The van der Waals surface area contributed by atoms with E-state index in [4.69, 9.17) is 9.47 Å². The molecular formula is C26H24O3. The Morgan fingerprint density at radius 2 is 1.34 bits per heavy atom. The third-order valence-electron chi connectivity index (χ3n) is 4.33. The molecule has 0 heterocycles. The first-order valence-corrected chi connectivity index (χ1v) is 9.51. The molecule has 0 aliphatic carbocycles. The van der Waals surface area contributed by atoms with Gasteiger partial charge in [0.1, 0.15) is 24.7 Å². The second kappa shape index (κ2) is 10.1. The predicted molar refractivity (Wildman–Crippen MR) is 118 cm³/mol. The Morgan fingerprint density at radius 3 is 1.90 bits per heavy atom. The van der Waals surface area contributed by atoms with Crippen LogP contribution in [-0.4, -0.2) is 19.0 Å². The Bertz CT molecular complexity index is 969. The van der Waals surface area contributed by atoms with Gasteiger partial charge in [0, 0.05) is 5.56 Å². The molecule has 3 aromatic rings. The number of benzene rings is 3. The first-order valence-electron chi connectivity index (χ1n) is 9.51. The SMILES string of the molecule is C=C(C)c1ccc(OCCOc2ccc(C=CC(=O)c3ccccc3)cc2)cc1. The average Bonchev–Trinajstić information content (AvgIpc) is 2.77. The first kappa shape index (κ1) is 20.2. The van der Waals surface area contributed by atoms with Gasteiger partial charge in [-0.3, -0.25) is 4.79 Å². The van der Waals surface area contributed by atoms with Gasteiger partial charge in [0.05, 0.1) is 0 Å². The quantitative estimate of drug-likeness (QED) is 0.255. The van der Waals surface area contributed by atoms with E-state index >= 15 is 0 Å². The third-order valence-corrected chi connectivity index (χ3v) is 4.33. The summed E-state index contributed by atoms with van der Waals surface area (Å²) in [5.74, 6) is 1.55. The Morgan fingerprint density at radius 1 is 0.793 bits per heavy atom. The van der Waals surface area contributed by atoms with Crippen LogP contribution >= 0.6 is 0 Å². The number of carbonyl (C=O) groups excluding carboxylic acids is 1. The summed E-state index contributed by atoms with van der Waals surface area (Å²) in [6, 6.07) is 24.7. The minimum Gasteiger partial charge on any atom is -0.490 e. The molecule has 0 atom stereocenters. The van der Waals surface area contributed by atoms with E-state index in [1.165, 1.54) is 0 Å². The lowest BCUT2D eigenvalue weighted by molar-refractivity contribution is 0.104. The Balaban J connectivity index is 1.44. The zero-order valence-corrected chi connectivity index (χ0v) is 16.5. The van der Waals surface area contributed by atoms with Crippen LogP contribution in [0.2, 0.25) is 0 Å². The normalized spacial score (nSPS) is 10.7. The van der Waals surface area contributed by atoms with Gasteiger partial charge in [0.2, 0.25) is 0 Å². The number of allylic oxidation sites excluding steroid dienone is 2. The maximum absolute atomic E-state index is 12.1. The summed E-state index contributed by atoms with van der Waals surface area (Å²) in [5.41, 5.74) is 3.75. The smallest absolute Gasteiger partial charge is 0.185 e. The van der Waals surface area contributed by atoms with Crippen LogP contribution in [0.3, 0.4) is 0 Å². The maximum atomic E-state index is 12.1. The van der Waals surface area contributed by atoms with Crippen molar-refractivity contribution in [1.29, 1.82) is 0 Å². The summed E-state index contributed by atoms with van der Waals surface area (Å²) < 4.78 is 11.4. The van der Waals surface area contributed by atoms with Crippen molar-refractivity contribution in [2.45, 2.75) is 6.92 Å². The molecule has 0 aromatic heterocycles. The van der Waals surface area contributed by atoms with Crippen molar-refractivity contribution < 1.29 is 14.3 Å². The third kappa shape index (κ3) is 6.22. The fourth-order valence-electron chi connectivity index (χ4n) is 2.70. The fourth-order valence-corrected chi connectivity index (χ4v) is 2.70. The van der Waals surface area contributed by atoms with Gasteiger partial charge < -0.3 is 9.47 Å². The van der Waals surface area contributed by atoms with Crippen LogP contribution in [0.15, 0.2) is 91.5 Å². The fraction of sp³-hybridized carbons (Fsp3) is 0.115. The lowest BCUT2D eigenvalue weighted by Crippen LogP contribution is -2.08. The molecule has 0 aliphatic rings. The molecular weight excluding hydrogens is 360 g/mol. The van der Waals surface area contributed by atoms with Crippen LogP contribution in [0.4, 0.5) is 0 Å². The van der Waals surface area contributed by atoms with E-state index in [2.05, 4.69) is 6.58 Å². The summed E-state index contributed by atoms with van der Waals surface area (Å²) in [4.78, 5) is 12.1. The van der Waals surface area contributed by atoms with Crippen molar-refractivity contribution in [1.82, 2.24) is 0 Å². The molecule has 0 saturated carbocycles. The second-order valence-corrected chi connectivity index (χ2v) is 6.63. The minimum atomic E-state index is -0.0145. The molecule has 0 bridgehead atoms. The topological polar surface area (TPSA) is 35.5 Å². The van der Waals surface area contributed by atoms with E-state index in [-0.39, 0.29) is 5.78 Å². The minimum absolute atomic E-state index is 0.0145. The van der Waals surface area contributed by atoms with Crippen LogP contribution in [0.5, 0.6) is 11.5 Å². The van der Waals surface area contributed by atoms with E-state index in [9.17, 15) is 4.79 Å². The summed E-state index contributed by atoms with van der Waals surface area (Å²) in [7, 11) is 0. The zero-order valence-electron chi connectivity index (χ0n) is 16.5. The maximum Gasteiger partial charge on any atom is 0.185 e. The van der Waals surface area contributed by atoms with Crippen LogP contribution in [0, 0.1) is 0 Å². The Hall–Kier alpha value is -3.59. The molecule has 0 spiro atoms. The van der Waals surface area contributed by atoms with Gasteiger partial charge in [0.25, 0.3) is 0 Å². The van der Waals surface area contributed by atoms with Crippen molar-refractivity contribution >= 4 is 17.4 Å². The van der Waals surface area contributed by atoms with E-state index < -0.39 is 0 Å². The highest BCUT2D eigenvalue weighted by Gasteiger charge is 2.00. The highest BCUT2D eigenvalue weighted by atomic mass is 16.5. The van der Waals surface area contributed by atoms with Gasteiger partial charge in [0.15, 0.2) is 5.78 Å². The van der Waals surface area contributed by atoms with E-state index in [1.54, 1.807) is 24.3 Å². The lowest BCUT2D eigenvalue weighted by Gasteiger charge is -2.09. The van der Waals surface area contributed by atoms with Crippen molar-refractivity contribution in [2.24, 2.45) is 0 Å². The Kier molecular flexibility index (Phi) is 7.01. The summed E-state index contributed by atoms with van der Waals surface area (Å²) in [6.45, 7) is 6.81. The molecule has 0 amide bonds. The molecule has 0 N–H and O–H groups in total. The number of ether oxygens (including phenoxy) is 2. The molecule has 3 heteroatoms. The lowest BCUT2D eigenvalue weighted by atomic mass is 10.1. The standard InChI is InChI=1S/C26H24O3/c1-20(2)22-11-15-25(16-12-22)29-19-18-28-24-13-8-21(9-14-24)10-17-26(27)23-6-4-3-5-7-23/h3-17H,1,18-19H2,2H3. The van der Waals surface area contributed by atoms with Crippen molar-refractivity contribution in [3.8, 4) is 11.5 Å². The van der Waals surface area contributed by atoms with Crippen LogP contribution in [0.1, 0.15) is 28.4 Å². The molecule has 3 nitrogen and oxygen atoms in total. The molecule has 0 fully saturated rings. The van der Waals surface area contributed by atoms with Crippen molar-refractivity contribution in [3.63, 3.8) is 0 Å². The van der Waals surface area contributed by atoms with Crippen LogP contribution in [0.25, 0.3) is 11.6 Å². The Labute approximate surface area is 171 Å². The summed E-state index contributed by atoms with van der Waals surface area (Å²) >= 11 is 0. The van der Waals surface area contributed by atoms with Gasteiger partial charge in [-0.1, -0.05) is 72.8 Å². The number of hydrogen-bond donors (Lipinski definition) is 0. The molecule has 0 unspecified atom stereocenters. The number of rotatable bonds is 9. The van der Waals surface area contributed by atoms with Crippen LogP contribution in [-0.2, 0) is 0 Å². The molecule has 146 valence electrons. The second-order valence-electron chi connectivity index (χ2n) is 6.63. The van der Waals surface area contributed by atoms with Gasteiger partial charge >= 0.3 is 0 Å². The largest absolute Gasteiger partial charge is 0.490 e. The molecule has 0 radical (unpaired) electrons. The zero-order chi connectivity index (χ0) is 20.5. The molecule has 0 saturated heterocycles. The molecule has 3 aromatic carbocycles. The van der Waals surface area contributed by atoms with Gasteiger partial charge in [-0.25, -0.2) is 0 Å². The summed E-state index contributed by atoms with van der Waals surface area (Å²) in [6.07, 6.45) is 3.38. The molecule has 29 heavy (non-hydrogen) atoms. The summed E-state index contributed by atoms with van der Waals surface area (Å²) in [5, 5.41) is 0. The number of ketones is 1. The van der Waals surface area contributed by atoms with Gasteiger partial charge in [-0.15, -0.1) is 0 Å². The number of hydrogen-bond acceptors (Lipinski definition) is 3. The molecule has 0 aliphatic heterocycles. The highest BCUT2D eigenvalue weighted by molar-refractivity contribution is 6.06. The average molecular weight is 384 g/mol. The van der Waals surface area contributed by atoms with E-state index in [0.717, 1.165) is 28.2 Å². The number of carbonyl (C=O) groups is 1. The first-order chi connectivity index (χ1) is 14.1. The van der Waals surface area contributed by atoms with Crippen molar-refractivity contribution in [2.75, 3.05) is 13.2 Å².